The minimum atomic E-state index is -0.433. The molecular formula is C11H19NO3. The van der Waals surface area contributed by atoms with E-state index in [1.54, 1.807) is 4.90 Å². The van der Waals surface area contributed by atoms with Gasteiger partial charge in [0.1, 0.15) is 5.60 Å². The Kier molecular flexibility index (Phi) is 2.41. The van der Waals surface area contributed by atoms with Gasteiger partial charge in [0.15, 0.2) is 0 Å². The second-order valence-corrected chi connectivity index (χ2v) is 5.61. The van der Waals surface area contributed by atoms with E-state index in [1.807, 2.05) is 20.8 Å². The van der Waals surface area contributed by atoms with Crippen LogP contribution in [-0.4, -0.2) is 40.9 Å². The summed E-state index contributed by atoms with van der Waals surface area (Å²) in [5.74, 6) is 0.782. The van der Waals surface area contributed by atoms with Gasteiger partial charge in [0, 0.05) is 19.0 Å². The van der Waals surface area contributed by atoms with E-state index in [2.05, 4.69) is 0 Å². The number of rotatable bonds is 0. The molecule has 0 radical (unpaired) electrons. The van der Waals surface area contributed by atoms with Gasteiger partial charge in [0.25, 0.3) is 0 Å². The van der Waals surface area contributed by atoms with Gasteiger partial charge in [-0.25, -0.2) is 4.79 Å². The number of nitrogens with zero attached hydrogens (tertiary/aromatic N) is 1. The first kappa shape index (κ1) is 10.7. The molecule has 0 bridgehead atoms. The third-order valence-electron chi connectivity index (χ3n) is 3.18. The molecule has 15 heavy (non-hydrogen) atoms. The van der Waals surface area contributed by atoms with Crippen LogP contribution >= 0.6 is 0 Å². The molecule has 2 fully saturated rings. The number of aliphatic hydroxyl groups excluding tert-OH is 1. The number of carbonyl (C=O) groups excluding carboxylic acids is 1. The van der Waals surface area contributed by atoms with E-state index >= 15 is 0 Å². The molecule has 0 aromatic heterocycles. The summed E-state index contributed by atoms with van der Waals surface area (Å²) in [6.45, 7) is 7.00. The molecule has 1 aliphatic carbocycles. The molecule has 1 saturated carbocycles. The Bertz CT molecular complexity index is 271. The van der Waals surface area contributed by atoms with E-state index in [4.69, 9.17) is 4.74 Å². The predicted molar refractivity (Wildman–Crippen MR) is 55.4 cm³/mol. The van der Waals surface area contributed by atoms with Gasteiger partial charge in [-0.2, -0.15) is 0 Å². The lowest BCUT2D eigenvalue weighted by Gasteiger charge is -2.34. The standard InChI is InChI=1S/C11H19NO3/c1-11(2,3)15-10(14)12-5-7-4-9(13)8(7)6-12/h7-9,13H,4-6H2,1-3H3/t7-,8+,9-/m0/s1. The summed E-state index contributed by atoms with van der Waals surface area (Å²) in [6.07, 6.45) is 0.385. The molecule has 0 aromatic rings. The molecule has 2 aliphatic rings. The number of hydrogen-bond donors (Lipinski definition) is 1. The number of likely N-dealkylation sites (tertiary alicyclic amines) is 1. The van der Waals surface area contributed by atoms with E-state index < -0.39 is 5.60 Å². The Balaban J connectivity index is 1.88. The topological polar surface area (TPSA) is 49.8 Å². The van der Waals surface area contributed by atoms with Crippen LogP contribution in [0, 0.1) is 11.8 Å². The molecular weight excluding hydrogens is 194 g/mol. The van der Waals surface area contributed by atoms with Gasteiger partial charge in [-0.15, -0.1) is 0 Å². The Morgan fingerprint density at radius 2 is 2.07 bits per heavy atom. The predicted octanol–water partition coefficient (Wildman–Crippen LogP) is 1.23. The number of carbonyl (C=O) groups is 1. The van der Waals surface area contributed by atoms with Crippen molar-refractivity contribution in [2.75, 3.05) is 13.1 Å². The monoisotopic (exact) mass is 213 g/mol. The van der Waals surface area contributed by atoms with Crippen LogP contribution in [0.2, 0.25) is 0 Å². The fourth-order valence-electron chi connectivity index (χ4n) is 2.35. The summed E-state index contributed by atoms with van der Waals surface area (Å²) in [5, 5.41) is 9.47. The van der Waals surface area contributed by atoms with E-state index in [1.165, 1.54) is 0 Å². The van der Waals surface area contributed by atoms with Crippen LogP contribution in [0.5, 0.6) is 0 Å². The highest BCUT2D eigenvalue weighted by Crippen LogP contribution is 2.41. The molecule has 1 saturated heterocycles. The van der Waals surface area contributed by atoms with Gasteiger partial charge in [-0.3, -0.25) is 0 Å². The zero-order valence-corrected chi connectivity index (χ0v) is 9.56. The molecule has 3 atom stereocenters. The normalized spacial score (nSPS) is 34.7. The zero-order valence-electron chi connectivity index (χ0n) is 9.56. The molecule has 0 aromatic carbocycles. The van der Waals surface area contributed by atoms with E-state index in [-0.39, 0.29) is 18.1 Å². The lowest BCUT2D eigenvalue weighted by atomic mass is 9.74. The molecule has 1 aliphatic heterocycles. The first-order chi connectivity index (χ1) is 6.87. The molecule has 86 valence electrons. The maximum absolute atomic E-state index is 11.7. The highest BCUT2D eigenvalue weighted by molar-refractivity contribution is 5.68. The molecule has 1 N–H and O–H groups in total. The van der Waals surface area contributed by atoms with Crippen LogP contribution in [0.3, 0.4) is 0 Å². The summed E-state index contributed by atoms with van der Waals surface area (Å²) in [5.41, 5.74) is -0.433. The highest BCUT2D eigenvalue weighted by Gasteiger charge is 2.48. The summed E-state index contributed by atoms with van der Waals surface area (Å²) in [4.78, 5) is 13.4. The second kappa shape index (κ2) is 3.37. The first-order valence-electron chi connectivity index (χ1n) is 5.53. The summed E-state index contributed by atoms with van der Waals surface area (Å²) in [6, 6.07) is 0. The number of hydrogen-bond acceptors (Lipinski definition) is 3. The Labute approximate surface area is 90.2 Å². The lowest BCUT2D eigenvalue weighted by Crippen LogP contribution is -2.40. The quantitative estimate of drug-likeness (QED) is 0.658. The van der Waals surface area contributed by atoms with Crippen molar-refractivity contribution in [3.05, 3.63) is 0 Å². The van der Waals surface area contributed by atoms with Crippen molar-refractivity contribution in [2.45, 2.75) is 38.9 Å². The van der Waals surface area contributed by atoms with Crippen LogP contribution in [0.4, 0.5) is 4.79 Å². The maximum Gasteiger partial charge on any atom is 0.410 e. The lowest BCUT2D eigenvalue weighted by molar-refractivity contribution is -0.00455. The van der Waals surface area contributed by atoms with Gasteiger partial charge in [-0.05, 0) is 33.1 Å². The highest BCUT2D eigenvalue weighted by atomic mass is 16.6. The van der Waals surface area contributed by atoms with Gasteiger partial charge < -0.3 is 14.7 Å². The fraction of sp³-hybridized carbons (Fsp3) is 0.909. The molecule has 4 heteroatoms. The molecule has 0 unspecified atom stereocenters. The second-order valence-electron chi connectivity index (χ2n) is 5.61. The van der Waals surface area contributed by atoms with Crippen molar-refractivity contribution in [2.24, 2.45) is 11.8 Å². The average molecular weight is 213 g/mol. The van der Waals surface area contributed by atoms with E-state index in [0.717, 1.165) is 13.0 Å². The van der Waals surface area contributed by atoms with Crippen LogP contribution in [0.15, 0.2) is 0 Å². The van der Waals surface area contributed by atoms with Gasteiger partial charge in [0.2, 0.25) is 0 Å². The summed E-state index contributed by atoms with van der Waals surface area (Å²) >= 11 is 0. The number of aliphatic hydroxyl groups is 1. The SMILES string of the molecule is CC(C)(C)OC(=O)N1C[C@@H]2C[C@H](O)[C@@H]2C1. The van der Waals surface area contributed by atoms with Crippen molar-refractivity contribution >= 4 is 6.09 Å². The van der Waals surface area contributed by atoms with Crippen LogP contribution < -0.4 is 0 Å². The van der Waals surface area contributed by atoms with Crippen molar-refractivity contribution in [3.8, 4) is 0 Å². The minimum Gasteiger partial charge on any atom is -0.444 e. The Morgan fingerprint density at radius 1 is 1.40 bits per heavy atom. The van der Waals surface area contributed by atoms with Crippen molar-refractivity contribution in [1.82, 2.24) is 4.90 Å². The van der Waals surface area contributed by atoms with E-state index in [0.29, 0.717) is 12.5 Å². The summed E-state index contributed by atoms with van der Waals surface area (Å²) in [7, 11) is 0. The molecule has 1 amide bonds. The molecule has 0 spiro atoms. The summed E-state index contributed by atoms with van der Waals surface area (Å²) < 4.78 is 5.29. The molecule has 2 rings (SSSR count). The van der Waals surface area contributed by atoms with Gasteiger partial charge >= 0.3 is 6.09 Å². The van der Waals surface area contributed by atoms with Crippen LogP contribution in [0.1, 0.15) is 27.2 Å². The van der Waals surface area contributed by atoms with Gasteiger partial charge in [-0.1, -0.05) is 0 Å². The van der Waals surface area contributed by atoms with Crippen molar-refractivity contribution in [3.63, 3.8) is 0 Å². The minimum absolute atomic E-state index is 0.206. The first-order valence-corrected chi connectivity index (χ1v) is 5.53. The number of amides is 1. The van der Waals surface area contributed by atoms with Crippen molar-refractivity contribution < 1.29 is 14.6 Å². The van der Waals surface area contributed by atoms with Crippen LogP contribution in [0.25, 0.3) is 0 Å². The third kappa shape index (κ3) is 2.09. The molecule has 4 nitrogen and oxygen atoms in total. The van der Waals surface area contributed by atoms with Gasteiger partial charge in [0.05, 0.1) is 6.10 Å². The van der Waals surface area contributed by atoms with Crippen LogP contribution in [-0.2, 0) is 4.74 Å². The van der Waals surface area contributed by atoms with E-state index in [9.17, 15) is 9.90 Å². The Morgan fingerprint density at radius 3 is 2.53 bits per heavy atom. The smallest absolute Gasteiger partial charge is 0.410 e. The zero-order chi connectivity index (χ0) is 11.2. The number of fused-ring (bicyclic) bond motifs is 1. The van der Waals surface area contributed by atoms with Crippen molar-refractivity contribution in [1.29, 1.82) is 0 Å². The molecule has 1 heterocycles. The fourth-order valence-corrected chi connectivity index (χ4v) is 2.35. The number of ether oxygens (including phenoxy) is 1. The average Bonchev–Trinajstić information content (AvgIpc) is 2.39. The Hall–Kier alpha value is -0.770. The maximum atomic E-state index is 11.7. The largest absolute Gasteiger partial charge is 0.444 e. The third-order valence-corrected chi connectivity index (χ3v) is 3.18.